The number of rotatable bonds is 22. The highest BCUT2D eigenvalue weighted by atomic mass is 16.4. The monoisotopic (exact) mass is 726 g/mol. The van der Waals surface area contributed by atoms with Gasteiger partial charge in [0, 0.05) is 12.1 Å². The summed E-state index contributed by atoms with van der Waals surface area (Å²) in [7, 11) is 0. The number of nitrogens with zero attached hydrogens (tertiary/aromatic N) is 2. The number of aryl methyl sites for hydroxylation is 2. The highest BCUT2D eigenvalue weighted by Crippen LogP contribution is 2.46. The molecule has 290 valence electrons. The fourth-order valence-electron chi connectivity index (χ4n) is 9.09. The molecule has 53 heavy (non-hydrogen) atoms. The van der Waals surface area contributed by atoms with Gasteiger partial charge in [0.2, 0.25) is 0 Å². The summed E-state index contributed by atoms with van der Waals surface area (Å²) in [6.45, 7) is 2.21. The number of nitrogen functional groups attached to an aromatic ring is 1. The van der Waals surface area contributed by atoms with Crippen molar-refractivity contribution < 1.29 is 25.2 Å². The number of unbranched alkanes of at least 4 members (excludes halogenated alkanes) is 4. The third-order valence-corrected chi connectivity index (χ3v) is 12.2. The lowest BCUT2D eigenvalue weighted by Gasteiger charge is -2.33. The molecule has 0 amide bonds. The number of aliphatic hydroxyl groups is 3. The number of aliphatic carboxylic acids is 1. The smallest absolute Gasteiger partial charge is 0.309 e. The molecule has 8 nitrogen and oxygen atoms in total. The minimum Gasteiger partial charge on any atom is -0.665 e. The number of hydrogen-bond donors (Lipinski definition) is 5. The first kappa shape index (κ1) is 40.7. The Hall–Kier alpha value is -3.46. The van der Waals surface area contributed by atoms with Gasteiger partial charge in [-0.25, -0.2) is 4.98 Å². The van der Waals surface area contributed by atoms with Crippen LogP contribution in [0.25, 0.3) is 0 Å². The van der Waals surface area contributed by atoms with Crippen molar-refractivity contribution in [3.05, 3.63) is 95.5 Å². The standard InChI is InChI=1S/C45H64N3O5/c1-2-3-6-13-33-16-18-36(42(50)28-33)14-9-5-10-15-40(44(51)52)41(49)22-24-45(53)31-35(26-34-23-25-47-43(46)29-34)27-37(45)30-39-21-20-38(48-39)19-17-32-11-7-4-8-12-32/h4,7-8,11-12,16,18,20-21,23,25,29,33,35-37,40-42,49-50,53H,2-3,5-6,9-10,13-15,17,19,22,24,26-28,30-31H2,1H3,(H2,46,47)(H,51,52)/q-1. The van der Waals surface area contributed by atoms with E-state index in [1.165, 1.54) is 24.8 Å². The van der Waals surface area contributed by atoms with Gasteiger partial charge >= 0.3 is 5.97 Å². The number of aromatic nitrogens is 2. The van der Waals surface area contributed by atoms with Crippen molar-refractivity contribution in [1.29, 1.82) is 0 Å². The topological polar surface area (TPSA) is 151 Å². The summed E-state index contributed by atoms with van der Waals surface area (Å²) in [6.07, 6.45) is 19.5. The summed E-state index contributed by atoms with van der Waals surface area (Å²) < 4.78 is 0. The number of pyridine rings is 1. The van der Waals surface area contributed by atoms with Crippen LogP contribution in [0.1, 0.15) is 119 Å². The Morgan fingerprint density at radius 1 is 0.925 bits per heavy atom. The fraction of sp³-hybridized carbons (Fsp3) is 0.600. The molecule has 0 aliphatic heterocycles. The van der Waals surface area contributed by atoms with E-state index in [4.69, 9.17) is 10.7 Å². The Labute approximate surface area is 317 Å². The van der Waals surface area contributed by atoms with Gasteiger partial charge < -0.3 is 31.1 Å². The zero-order valence-corrected chi connectivity index (χ0v) is 31.9. The van der Waals surface area contributed by atoms with Gasteiger partial charge in [0.25, 0.3) is 0 Å². The average molecular weight is 727 g/mol. The summed E-state index contributed by atoms with van der Waals surface area (Å²) in [5.41, 5.74) is 9.31. The lowest BCUT2D eigenvalue weighted by molar-refractivity contribution is -0.146. The minimum absolute atomic E-state index is 0.0603. The van der Waals surface area contributed by atoms with E-state index in [1.807, 2.05) is 18.2 Å². The molecule has 0 saturated heterocycles. The lowest BCUT2D eigenvalue weighted by Crippen LogP contribution is -2.37. The summed E-state index contributed by atoms with van der Waals surface area (Å²) in [4.78, 5) is 21.4. The number of benzene rings is 1. The molecule has 1 fully saturated rings. The summed E-state index contributed by atoms with van der Waals surface area (Å²) in [6, 6.07) is 18.4. The fourth-order valence-corrected chi connectivity index (χ4v) is 9.09. The van der Waals surface area contributed by atoms with Crippen LogP contribution in [0.4, 0.5) is 5.82 Å². The first-order valence-corrected chi connectivity index (χ1v) is 20.5. The van der Waals surface area contributed by atoms with Gasteiger partial charge in [-0.3, -0.25) is 4.79 Å². The Balaban J connectivity index is 1.13. The number of nitrogens with two attached hydrogens (primary N) is 1. The largest absolute Gasteiger partial charge is 0.665 e. The first-order valence-electron chi connectivity index (χ1n) is 20.5. The number of hydrogen-bond acceptors (Lipinski definition) is 6. The maximum atomic E-state index is 12.3. The van der Waals surface area contributed by atoms with Gasteiger partial charge in [-0.1, -0.05) is 100 Å². The molecule has 0 radical (unpaired) electrons. The summed E-state index contributed by atoms with van der Waals surface area (Å²) in [5, 5.41) is 44.3. The van der Waals surface area contributed by atoms with Crippen LogP contribution in [0.2, 0.25) is 0 Å². The molecule has 6 N–H and O–H groups in total. The summed E-state index contributed by atoms with van der Waals surface area (Å²) >= 11 is 0. The second-order valence-corrected chi connectivity index (χ2v) is 16.3. The number of anilines is 1. The second kappa shape index (κ2) is 20.3. The number of carboxylic acid groups (broad SMARTS) is 1. The SMILES string of the molecule is CCCCCC1C=CC(CCCCCC(C(=O)O)C(O)CCC2(O)CC(Cc3ccnc(N)c3)CC2Cc2ccc(CCc3ccccc3)[n-]2)C(O)C1. The zero-order chi connectivity index (χ0) is 37.6. The summed E-state index contributed by atoms with van der Waals surface area (Å²) in [5.74, 6) is -0.571. The molecule has 8 heteroatoms. The Bertz CT molecular complexity index is 1560. The van der Waals surface area contributed by atoms with Gasteiger partial charge in [-0.05, 0) is 118 Å². The van der Waals surface area contributed by atoms with E-state index in [9.17, 15) is 25.2 Å². The normalized spacial score (nSPS) is 25.4. The molecular formula is C45H64N3O5-. The van der Waals surface area contributed by atoms with Gasteiger partial charge in [-0.2, -0.15) is 11.4 Å². The van der Waals surface area contributed by atoms with Crippen LogP contribution in [0, 0.1) is 29.6 Å². The zero-order valence-electron chi connectivity index (χ0n) is 31.9. The number of aliphatic hydroxyl groups excluding tert-OH is 2. The highest BCUT2D eigenvalue weighted by molar-refractivity contribution is 5.70. The van der Waals surface area contributed by atoms with Crippen molar-refractivity contribution in [2.75, 3.05) is 5.73 Å². The third-order valence-electron chi connectivity index (χ3n) is 12.2. The molecule has 2 aliphatic rings. The molecule has 8 atom stereocenters. The molecule has 2 aromatic heterocycles. The maximum Gasteiger partial charge on any atom is 0.309 e. The van der Waals surface area contributed by atoms with Crippen molar-refractivity contribution >= 4 is 11.8 Å². The molecule has 1 saturated carbocycles. The number of allylic oxidation sites excluding steroid dienone is 1. The number of carbonyl (C=O) groups is 1. The molecule has 0 bridgehead atoms. The van der Waals surface area contributed by atoms with Crippen molar-refractivity contribution in [3.8, 4) is 0 Å². The molecule has 0 spiro atoms. The van der Waals surface area contributed by atoms with Crippen molar-refractivity contribution in [2.45, 2.75) is 140 Å². The van der Waals surface area contributed by atoms with Crippen LogP contribution in [0.15, 0.2) is 72.9 Å². The molecular weight excluding hydrogens is 663 g/mol. The van der Waals surface area contributed by atoms with E-state index in [0.29, 0.717) is 43.8 Å². The van der Waals surface area contributed by atoms with E-state index >= 15 is 0 Å². The Morgan fingerprint density at radius 3 is 2.47 bits per heavy atom. The second-order valence-electron chi connectivity index (χ2n) is 16.3. The maximum absolute atomic E-state index is 12.3. The van der Waals surface area contributed by atoms with Crippen LogP contribution in [0.3, 0.4) is 0 Å². The quantitative estimate of drug-likeness (QED) is 0.0519. The Kier molecular flexibility index (Phi) is 15.6. The molecule has 3 aromatic rings. The van der Waals surface area contributed by atoms with E-state index in [2.05, 4.69) is 60.5 Å². The van der Waals surface area contributed by atoms with Crippen LogP contribution in [-0.2, 0) is 30.5 Å². The number of carboxylic acids is 1. The van der Waals surface area contributed by atoms with Crippen molar-refractivity contribution in [1.82, 2.24) is 9.97 Å². The molecule has 2 aliphatic carbocycles. The van der Waals surface area contributed by atoms with E-state index in [0.717, 1.165) is 74.7 Å². The minimum atomic E-state index is -1.04. The predicted molar refractivity (Wildman–Crippen MR) is 211 cm³/mol. The van der Waals surface area contributed by atoms with Gasteiger partial charge in [0.15, 0.2) is 0 Å². The molecule has 1 aromatic carbocycles. The van der Waals surface area contributed by atoms with Crippen LogP contribution >= 0.6 is 0 Å². The average Bonchev–Trinajstić information content (AvgIpc) is 3.72. The molecule has 2 heterocycles. The highest BCUT2D eigenvalue weighted by Gasteiger charge is 2.45. The first-order chi connectivity index (χ1) is 25.6. The molecule has 8 unspecified atom stereocenters. The van der Waals surface area contributed by atoms with Gasteiger partial charge in [0.1, 0.15) is 5.82 Å². The van der Waals surface area contributed by atoms with E-state index < -0.39 is 23.6 Å². The van der Waals surface area contributed by atoms with Crippen molar-refractivity contribution in [3.63, 3.8) is 0 Å². The van der Waals surface area contributed by atoms with Crippen LogP contribution < -0.4 is 10.7 Å². The lowest BCUT2D eigenvalue weighted by atomic mass is 9.80. The Morgan fingerprint density at radius 2 is 1.72 bits per heavy atom. The van der Waals surface area contributed by atoms with Gasteiger partial charge in [0.05, 0.1) is 23.7 Å². The van der Waals surface area contributed by atoms with Gasteiger partial charge in [-0.15, -0.1) is 0 Å². The van der Waals surface area contributed by atoms with E-state index in [-0.39, 0.29) is 30.3 Å². The van der Waals surface area contributed by atoms with E-state index in [1.54, 1.807) is 6.20 Å². The van der Waals surface area contributed by atoms with Crippen LogP contribution in [0.5, 0.6) is 0 Å². The molecule has 5 rings (SSSR count). The predicted octanol–water partition coefficient (Wildman–Crippen LogP) is 7.87. The third kappa shape index (κ3) is 12.5. The van der Waals surface area contributed by atoms with Crippen LogP contribution in [-0.4, -0.2) is 49.2 Å². The van der Waals surface area contributed by atoms with Crippen molar-refractivity contribution in [2.24, 2.45) is 29.6 Å².